The Bertz CT molecular complexity index is 159. The van der Waals surface area contributed by atoms with Gasteiger partial charge in [0, 0.05) is 0 Å². The quantitative estimate of drug-likeness (QED) is 0.587. The maximum Gasteiger partial charge on any atom is -0.0294 e. The van der Waals surface area contributed by atoms with Crippen LogP contribution in [0.5, 0.6) is 0 Å². The third kappa shape index (κ3) is 2.27. The molecule has 0 radical (unpaired) electrons. The highest BCUT2D eigenvalue weighted by atomic mass is 14.6. The van der Waals surface area contributed by atoms with Gasteiger partial charge >= 0.3 is 0 Å². The van der Waals surface area contributed by atoms with Gasteiger partial charge in [0.15, 0.2) is 0 Å². The van der Waals surface area contributed by atoms with E-state index in [9.17, 15) is 0 Å². The molecular formula is C13H26. The van der Waals surface area contributed by atoms with Crippen LogP contribution in [0.15, 0.2) is 0 Å². The van der Waals surface area contributed by atoms with Gasteiger partial charge in [-0.05, 0) is 29.6 Å². The Hall–Kier alpha value is 0. The molecular weight excluding hydrogens is 156 g/mol. The lowest BCUT2D eigenvalue weighted by Crippen LogP contribution is -2.14. The summed E-state index contributed by atoms with van der Waals surface area (Å²) in [5, 5.41) is 0. The molecule has 0 amide bonds. The first-order valence-corrected chi connectivity index (χ1v) is 6.05. The summed E-state index contributed by atoms with van der Waals surface area (Å²) in [6.45, 7) is 11.9. The molecule has 0 saturated heterocycles. The number of hydrogen-bond donors (Lipinski definition) is 0. The fraction of sp³-hybridized carbons (Fsp3) is 1.00. The van der Waals surface area contributed by atoms with Gasteiger partial charge < -0.3 is 0 Å². The first kappa shape index (κ1) is 11.1. The third-order valence-corrected chi connectivity index (χ3v) is 4.22. The zero-order valence-electron chi connectivity index (χ0n) is 10.1. The van der Waals surface area contributed by atoms with Crippen LogP contribution in [-0.4, -0.2) is 0 Å². The molecule has 0 aliphatic heterocycles. The maximum absolute atomic E-state index is 2.47. The average molecular weight is 182 g/mol. The van der Waals surface area contributed by atoms with Gasteiger partial charge in [-0.2, -0.15) is 0 Å². The predicted molar refractivity (Wildman–Crippen MR) is 59.7 cm³/mol. The highest BCUT2D eigenvalue weighted by molar-refractivity contribution is 5.01. The van der Waals surface area contributed by atoms with Crippen LogP contribution in [-0.2, 0) is 0 Å². The summed E-state index contributed by atoms with van der Waals surface area (Å²) in [5.74, 6) is 2.92. The van der Waals surface area contributed by atoms with E-state index in [1.807, 2.05) is 0 Å². The van der Waals surface area contributed by atoms with Crippen molar-refractivity contribution in [1.29, 1.82) is 0 Å². The van der Waals surface area contributed by atoms with Crippen LogP contribution in [0, 0.1) is 23.2 Å². The van der Waals surface area contributed by atoms with E-state index in [1.165, 1.54) is 25.7 Å². The molecule has 1 aliphatic carbocycles. The van der Waals surface area contributed by atoms with Crippen molar-refractivity contribution in [3.05, 3.63) is 0 Å². The van der Waals surface area contributed by atoms with Crippen molar-refractivity contribution in [1.82, 2.24) is 0 Å². The van der Waals surface area contributed by atoms with Crippen LogP contribution in [0.3, 0.4) is 0 Å². The third-order valence-electron chi connectivity index (χ3n) is 4.22. The first-order chi connectivity index (χ1) is 6.05. The van der Waals surface area contributed by atoms with Gasteiger partial charge in [0.1, 0.15) is 0 Å². The van der Waals surface area contributed by atoms with Crippen molar-refractivity contribution >= 4 is 0 Å². The van der Waals surface area contributed by atoms with E-state index < -0.39 is 0 Å². The Labute approximate surface area is 84.1 Å². The summed E-state index contributed by atoms with van der Waals surface area (Å²) in [4.78, 5) is 0. The Balaban J connectivity index is 2.49. The highest BCUT2D eigenvalue weighted by Crippen LogP contribution is 2.60. The second-order valence-electron chi connectivity index (χ2n) is 5.51. The fourth-order valence-corrected chi connectivity index (χ4v) is 2.85. The van der Waals surface area contributed by atoms with Gasteiger partial charge in [-0.3, -0.25) is 0 Å². The minimum Gasteiger partial charge on any atom is -0.0654 e. The molecule has 13 heavy (non-hydrogen) atoms. The van der Waals surface area contributed by atoms with Crippen LogP contribution in [0.2, 0.25) is 0 Å². The van der Waals surface area contributed by atoms with Crippen molar-refractivity contribution < 1.29 is 0 Å². The van der Waals surface area contributed by atoms with Gasteiger partial charge in [0.25, 0.3) is 0 Å². The van der Waals surface area contributed by atoms with E-state index in [2.05, 4.69) is 34.6 Å². The minimum absolute atomic E-state index is 0.712. The first-order valence-electron chi connectivity index (χ1n) is 6.05. The molecule has 0 N–H and O–H groups in total. The SMILES string of the molecule is CCCC(C(C)C)C1CC1(C)CC. The summed E-state index contributed by atoms with van der Waals surface area (Å²) < 4.78 is 0. The highest BCUT2D eigenvalue weighted by Gasteiger charge is 2.52. The lowest BCUT2D eigenvalue weighted by molar-refractivity contribution is 0.270. The summed E-state index contributed by atoms with van der Waals surface area (Å²) >= 11 is 0. The van der Waals surface area contributed by atoms with Crippen molar-refractivity contribution in [2.45, 2.75) is 60.3 Å². The minimum atomic E-state index is 0.712. The Morgan fingerprint density at radius 3 is 2.23 bits per heavy atom. The Morgan fingerprint density at radius 1 is 1.31 bits per heavy atom. The summed E-state index contributed by atoms with van der Waals surface area (Å²) in [5.41, 5.74) is 0.712. The average Bonchev–Trinajstić information content (AvgIpc) is 2.74. The molecule has 1 aliphatic rings. The van der Waals surface area contributed by atoms with E-state index >= 15 is 0 Å². The topological polar surface area (TPSA) is 0 Å². The summed E-state index contributed by atoms with van der Waals surface area (Å²) in [7, 11) is 0. The van der Waals surface area contributed by atoms with E-state index in [1.54, 1.807) is 0 Å². The summed E-state index contributed by atoms with van der Waals surface area (Å²) in [6.07, 6.45) is 5.67. The smallest absolute Gasteiger partial charge is 0.0294 e. The summed E-state index contributed by atoms with van der Waals surface area (Å²) in [6, 6.07) is 0. The molecule has 0 aromatic heterocycles. The molecule has 0 spiro atoms. The van der Waals surface area contributed by atoms with Gasteiger partial charge in [-0.25, -0.2) is 0 Å². The van der Waals surface area contributed by atoms with E-state index in [0.29, 0.717) is 5.41 Å². The van der Waals surface area contributed by atoms with Crippen LogP contribution in [0.1, 0.15) is 60.3 Å². The normalized spacial score (nSPS) is 35.1. The zero-order chi connectivity index (χ0) is 10.1. The Morgan fingerprint density at radius 2 is 1.92 bits per heavy atom. The van der Waals surface area contributed by atoms with Crippen molar-refractivity contribution in [2.75, 3.05) is 0 Å². The van der Waals surface area contributed by atoms with Crippen molar-refractivity contribution in [3.63, 3.8) is 0 Å². The second-order valence-corrected chi connectivity index (χ2v) is 5.51. The van der Waals surface area contributed by atoms with E-state index in [0.717, 1.165) is 17.8 Å². The molecule has 0 aromatic carbocycles. The molecule has 3 atom stereocenters. The van der Waals surface area contributed by atoms with E-state index in [-0.39, 0.29) is 0 Å². The molecule has 1 saturated carbocycles. The lowest BCUT2D eigenvalue weighted by atomic mass is 9.83. The molecule has 78 valence electrons. The van der Waals surface area contributed by atoms with Gasteiger partial charge in [-0.1, -0.05) is 53.9 Å². The molecule has 3 unspecified atom stereocenters. The maximum atomic E-state index is 2.47. The lowest BCUT2D eigenvalue weighted by Gasteiger charge is -2.22. The molecule has 1 rings (SSSR count). The van der Waals surface area contributed by atoms with Crippen LogP contribution < -0.4 is 0 Å². The van der Waals surface area contributed by atoms with Gasteiger partial charge in [0.05, 0.1) is 0 Å². The Kier molecular flexibility index (Phi) is 3.43. The molecule has 0 nitrogen and oxygen atoms in total. The van der Waals surface area contributed by atoms with Gasteiger partial charge in [-0.15, -0.1) is 0 Å². The van der Waals surface area contributed by atoms with Crippen LogP contribution >= 0.6 is 0 Å². The zero-order valence-corrected chi connectivity index (χ0v) is 10.1. The monoisotopic (exact) mass is 182 g/mol. The van der Waals surface area contributed by atoms with E-state index in [4.69, 9.17) is 0 Å². The fourth-order valence-electron chi connectivity index (χ4n) is 2.85. The van der Waals surface area contributed by atoms with Crippen LogP contribution in [0.25, 0.3) is 0 Å². The second kappa shape index (κ2) is 4.02. The van der Waals surface area contributed by atoms with Crippen molar-refractivity contribution in [2.24, 2.45) is 23.2 Å². The largest absolute Gasteiger partial charge is 0.0654 e. The van der Waals surface area contributed by atoms with Crippen LogP contribution in [0.4, 0.5) is 0 Å². The molecule has 0 bridgehead atoms. The molecule has 0 heterocycles. The molecule has 0 heteroatoms. The molecule has 0 aromatic rings. The van der Waals surface area contributed by atoms with Crippen molar-refractivity contribution in [3.8, 4) is 0 Å². The molecule has 1 fully saturated rings. The number of rotatable bonds is 5. The standard InChI is InChI=1S/C13H26/c1-6-8-11(10(3)4)12-9-13(12,5)7-2/h10-12H,6-9H2,1-5H3. The predicted octanol–water partition coefficient (Wildman–Crippen LogP) is 4.49. The number of hydrogen-bond acceptors (Lipinski definition) is 0. The van der Waals surface area contributed by atoms with Gasteiger partial charge in [0.2, 0.25) is 0 Å².